The van der Waals surface area contributed by atoms with E-state index in [2.05, 4.69) is 0 Å². The highest BCUT2D eigenvalue weighted by atomic mass is 32.2. The van der Waals surface area contributed by atoms with Crippen LogP contribution in [0.1, 0.15) is 16.1 Å². The minimum absolute atomic E-state index is 0.00814. The van der Waals surface area contributed by atoms with E-state index in [1.165, 1.54) is 4.31 Å². The van der Waals surface area contributed by atoms with Crippen LogP contribution >= 0.6 is 0 Å². The lowest BCUT2D eigenvalue weighted by Crippen LogP contribution is -2.49. The number of hydrogen-bond acceptors (Lipinski definition) is 4. The normalized spacial score (nSPS) is 16.1. The summed E-state index contributed by atoms with van der Waals surface area (Å²) in [5.74, 6) is -2.30. The lowest BCUT2D eigenvalue weighted by Gasteiger charge is -2.33. The molecule has 4 rings (SSSR count). The Morgan fingerprint density at radius 2 is 1.68 bits per heavy atom. The second-order valence-corrected chi connectivity index (χ2v) is 9.65. The summed E-state index contributed by atoms with van der Waals surface area (Å²) in [5.41, 5.74) is 2.58. The smallest absolute Gasteiger partial charge is 0.243 e. The van der Waals surface area contributed by atoms with Crippen LogP contribution in [0.2, 0.25) is 0 Å². The number of rotatable bonds is 5. The molecule has 3 aromatic rings. The quantitative estimate of drug-likeness (QED) is 0.565. The van der Waals surface area contributed by atoms with E-state index in [0.717, 1.165) is 28.7 Å². The van der Waals surface area contributed by atoms with Crippen molar-refractivity contribution in [2.24, 2.45) is 7.05 Å². The first-order valence-electron chi connectivity index (χ1n) is 9.95. The molecule has 6 nitrogen and oxygen atoms in total. The Morgan fingerprint density at radius 1 is 1.00 bits per heavy atom. The van der Waals surface area contributed by atoms with Crippen LogP contribution in [0.15, 0.2) is 47.4 Å². The summed E-state index contributed by atoms with van der Waals surface area (Å²) < 4.78 is 55.4. The molecule has 1 aliphatic heterocycles. The van der Waals surface area contributed by atoms with E-state index < -0.39 is 21.7 Å². The first-order valence-corrected chi connectivity index (χ1v) is 11.4. The van der Waals surface area contributed by atoms with Crippen LogP contribution in [-0.4, -0.2) is 60.7 Å². The number of hydrogen-bond donors (Lipinski definition) is 0. The minimum Gasteiger partial charge on any atom is -0.347 e. The van der Waals surface area contributed by atoms with Gasteiger partial charge in [0, 0.05) is 55.4 Å². The molecule has 0 N–H and O–H groups in total. The van der Waals surface area contributed by atoms with Gasteiger partial charge in [-0.25, -0.2) is 17.2 Å². The van der Waals surface area contributed by atoms with Gasteiger partial charge in [-0.3, -0.25) is 9.69 Å². The van der Waals surface area contributed by atoms with Crippen molar-refractivity contribution in [1.82, 2.24) is 13.8 Å². The predicted molar refractivity (Wildman–Crippen MR) is 114 cm³/mol. The second kappa shape index (κ2) is 8.14. The molecule has 0 unspecified atom stereocenters. The van der Waals surface area contributed by atoms with Gasteiger partial charge in [0.15, 0.2) is 17.4 Å². The van der Waals surface area contributed by atoms with Crippen molar-refractivity contribution in [2.75, 3.05) is 32.7 Å². The van der Waals surface area contributed by atoms with Crippen LogP contribution in [0.25, 0.3) is 10.9 Å². The number of benzene rings is 2. The Hall–Kier alpha value is -2.62. The maximum atomic E-state index is 13.5. The topological polar surface area (TPSA) is 62.6 Å². The molecule has 9 heteroatoms. The van der Waals surface area contributed by atoms with Crippen molar-refractivity contribution in [2.45, 2.75) is 11.8 Å². The van der Waals surface area contributed by atoms with Crippen LogP contribution in [0, 0.1) is 18.6 Å². The largest absolute Gasteiger partial charge is 0.347 e. The fourth-order valence-electron chi connectivity index (χ4n) is 4.07. The van der Waals surface area contributed by atoms with Crippen LogP contribution in [0.3, 0.4) is 0 Å². The average molecular weight is 448 g/mol. The molecule has 2 aromatic carbocycles. The van der Waals surface area contributed by atoms with E-state index >= 15 is 0 Å². The zero-order chi connectivity index (χ0) is 22.3. The van der Waals surface area contributed by atoms with Gasteiger partial charge in [-0.05, 0) is 31.2 Å². The Morgan fingerprint density at radius 3 is 2.35 bits per heavy atom. The lowest BCUT2D eigenvalue weighted by molar-refractivity contribution is 0.0902. The van der Waals surface area contributed by atoms with E-state index in [0.29, 0.717) is 24.7 Å². The number of nitrogens with zero attached hydrogens (tertiary/aromatic N) is 3. The molecular weight excluding hydrogens is 424 g/mol. The van der Waals surface area contributed by atoms with Crippen molar-refractivity contribution in [3.8, 4) is 0 Å². The number of fused-ring (bicyclic) bond motifs is 1. The third kappa shape index (κ3) is 3.88. The number of para-hydroxylation sites is 1. The van der Waals surface area contributed by atoms with E-state index in [4.69, 9.17) is 0 Å². The summed E-state index contributed by atoms with van der Waals surface area (Å²) >= 11 is 0. The number of aromatic nitrogens is 1. The molecule has 1 fully saturated rings. The Balaban J connectivity index is 1.46. The molecule has 0 saturated carbocycles. The van der Waals surface area contributed by atoms with Gasteiger partial charge in [0.25, 0.3) is 0 Å². The number of Topliss-reactive ketones (excluding diaryl/α,β-unsaturated/α-hetero) is 1. The Kier molecular flexibility index (Phi) is 5.67. The molecule has 0 atom stereocenters. The number of carbonyl (C=O) groups is 1. The van der Waals surface area contributed by atoms with Gasteiger partial charge in [0.1, 0.15) is 0 Å². The maximum absolute atomic E-state index is 13.5. The van der Waals surface area contributed by atoms with Crippen LogP contribution in [0.4, 0.5) is 8.78 Å². The summed E-state index contributed by atoms with van der Waals surface area (Å²) in [5, 5.41) is 0.909. The predicted octanol–water partition coefficient (Wildman–Crippen LogP) is 2.95. The SMILES string of the molecule is Cc1c(C(=O)CN2CCN(S(=O)(=O)c3ccc(F)c(F)c3)CC2)c2ccccc2n1C. The molecule has 2 heterocycles. The number of ketones is 1. The summed E-state index contributed by atoms with van der Waals surface area (Å²) in [6.45, 7) is 3.19. The highest BCUT2D eigenvalue weighted by molar-refractivity contribution is 7.89. The van der Waals surface area contributed by atoms with Gasteiger partial charge in [0.05, 0.1) is 11.4 Å². The summed E-state index contributed by atoms with van der Waals surface area (Å²) in [7, 11) is -2.00. The lowest BCUT2D eigenvalue weighted by atomic mass is 10.1. The standard InChI is InChI=1S/C22H23F2N3O3S/c1-15-22(17-5-3-4-6-20(17)25(15)2)21(28)14-26-9-11-27(12-10-26)31(29,30)16-7-8-18(23)19(24)13-16/h3-8,13H,9-12,14H2,1-2H3. The van der Waals surface area contributed by atoms with Gasteiger partial charge in [-0.1, -0.05) is 18.2 Å². The molecule has 1 aromatic heterocycles. The zero-order valence-corrected chi connectivity index (χ0v) is 18.1. The van der Waals surface area contributed by atoms with Crippen molar-refractivity contribution in [3.05, 3.63) is 65.4 Å². The number of sulfonamides is 1. The van der Waals surface area contributed by atoms with Crippen molar-refractivity contribution in [1.29, 1.82) is 0 Å². The van der Waals surface area contributed by atoms with E-state index in [9.17, 15) is 22.0 Å². The van der Waals surface area contributed by atoms with Gasteiger partial charge in [-0.2, -0.15) is 4.31 Å². The zero-order valence-electron chi connectivity index (χ0n) is 17.3. The maximum Gasteiger partial charge on any atom is 0.243 e. The third-order valence-corrected chi connectivity index (χ3v) is 7.80. The monoisotopic (exact) mass is 447 g/mol. The van der Waals surface area contributed by atoms with Crippen LogP contribution in [0.5, 0.6) is 0 Å². The molecule has 1 aliphatic rings. The molecule has 31 heavy (non-hydrogen) atoms. The molecule has 0 spiro atoms. The molecular formula is C22H23F2N3O3S. The van der Waals surface area contributed by atoms with Crippen LogP contribution < -0.4 is 0 Å². The van der Waals surface area contributed by atoms with Gasteiger partial charge < -0.3 is 4.57 Å². The molecule has 164 valence electrons. The molecule has 0 aliphatic carbocycles. The summed E-state index contributed by atoms with van der Waals surface area (Å²) in [6, 6.07) is 10.3. The minimum atomic E-state index is -3.93. The third-order valence-electron chi connectivity index (χ3n) is 5.91. The van der Waals surface area contributed by atoms with E-state index in [1.54, 1.807) is 0 Å². The number of halogens is 2. The molecule has 1 saturated heterocycles. The second-order valence-electron chi connectivity index (χ2n) is 7.72. The van der Waals surface area contributed by atoms with Crippen molar-refractivity contribution >= 4 is 26.7 Å². The summed E-state index contributed by atoms with van der Waals surface area (Å²) in [6.07, 6.45) is 0. The van der Waals surface area contributed by atoms with E-state index in [1.807, 2.05) is 47.7 Å². The van der Waals surface area contributed by atoms with Crippen molar-refractivity contribution in [3.63, 3.8) is 0 Å². The number of piperazine rings is 1. The highest BCUT2D eigenvalue weighted by Crippen LogP contribution is 2.26. The first-order chi connectivity index (χ1) is 14.7. The Bertz CT molecular complexity index is 1260. The highest BCUT2D eigenvalue weighted by Gasteiger charge is 2.30. The summed E-state index contributed by atoms with van der Waals surface area (Å²) in [4.78, 5) is 14.7. The fraction of sp³-hybridized carbons (Fsp3) is 0.318. The van der Waals surface area contributed by atoms with Gasteiger partial charge in [-0.15, -0.1) is 0 Å². The van der Waals surface area contributed by atoms with Crippen molar-refractivity contribution < 1.29 is 22.0 Å². The molecule has 0 amide bonds. The first kappa shape index (κ1) is 21.6. The van der Waals surface area contributed by atoms with Gasteiger partial charge >= 0.3 is 0 Å². The number of aryl methyl sites for hydroxylation is 1. The Labute approximate surface area is 179 Å². The fourth-order valence-corrected chi connectivity index (χ4v) is 5.50. The van der Waals surface area contributed by atoms with Crippen LogP contribution in [-0.2, 0) is 17.1 Å². The average Bonchev–Trinajstić information content (AvgIpc) is 3.01. The van der Waals surface area contributed by atoms with E-state index in [-0.39, 0.29) is 30.3 Å². The number of carbonyl (C=O) groups excluding carboxylic acids is 1. The van der Waals surface area contributed by atoms with Gasteiger partial charge in [0.2, 0.25) is 10.0 Å². The molecule has 0 radical (unpaired) electrons. The molecule has 0 bridgehead atoms.